The van der Waals surface area contributed by atoms with E-state index < -0.39 is 6.47 Å². The van der Waals surface area contributed by atoms with Crippen molar-refractivity contribution in [2.75, 3.05) is 0 Å². The summed E-state index contributed by atoms with van der Waals surface area (Å²) in [5, 5.41) is 8.25. The van der Waals surface area contributed by atoms with Gasteiger partial charge in [-0.05, 0) is 0 Å². The van der Waals surface area contributed by atoms with Crippen molar-refractivity contribution < 1.29 is 29.4 Å². The van der Waals surface area contributed by atoms with Gasteiger partial charge < -0.3 is 9.90 Å². The zero-order valence-electron chi connectivity index (χ0n) is 5.87. The number of hydrogen-bond donors (Lipinski definition) is 0. The minimum Gasteiger partial charge on any atom is -0.554 e. The van der Waals surface area contributed by atoms with Crippen LogP contribution in [-0.2, 0) is 24.3 Å². The van der Waals surface area contributed by atoms with Gasteiger partial charge in [-0.3, -0.25) is 0 Å². The van der Waals surface area contributed by atoms with Gasteiger partial charge in [-0.25, -0.2) is 0 Å². The second kappa shape index (κ2) is 23.9. The van der Waals surface area contributed by atoms with Crippen molar-refractivity contribution in [2.45, 2.75) is 13.2 Å². The quantitative estimate of drug-likeness (QED) is 0.364. The molecular formula is C3H10B3O2Ru. The van der Waals surface area contributed by atoms with E-state index in [0.29, 0.717) is 0 Å². The van der Waals surface area contributed by atoms with E-state index in [2.05, 4.69) is 14.7 Å². The molecule has 0 bridgehead atoms. The van der Waals surface area contributed by atoms with Crippen LogP contribution in [0, 0.1) is 0 Å². The van der Waals surface area contributed by atoms with Gasteiger partial charge in [-0.2, -0.15) is 0 Å². The Hall–Kier alpha value is 0.288. The van der Waals surface area contributed by atoms with Crippen molar-refractivity contribution >= 4 is 28.4 Å². The molecule has 0 atom stereocenters. The summed E-state index contributed by atoms with van der Waals surface area (Å²) in [5.41, 5.74) is 0. The molecule has 0 aromatic rings. The number of carbonyl (C=O) groups is 1. The fourth-order valence-corrected chi connectivity index (χ4v) is 0.354. The van der Waals surface area contributed by atoms with E-state index in [1.165, 1.54) is 20.6 Å². The summed E-state index contributed by atoms with van der Waals surface area (Å²) in [6, 6.07) is 0. The van der Waals surface area contributed by atoms with E-state index >= 15 is 0 Å². The molecule has 0 amide bonds. The van der Waals surface area contributed by atoms with Crippen molar-refractivity contribution in [3.05, 3.63) is 0 Å². The third-order valence-corrected chi connectivity index (χ3v) is 0.707. The van der Waals surface area contributed by atoms with Crippen LogP contribution < -0.4 is 5.11 Å². The SMILES string of the molecule is BBBCC.O=C[O-].[Ru+]. The van der Waals surface area contributed by atoms with Crippen LogP contribution in [0.2, 0.25) is 6.32 Å². The van der Waals surface area contributed by atoms with Gasteiger partial charge in [-0.1, -0.05) is 13.2 Å². The molecule has 0 N–H and O–H groups in total. The molecule has 0 saturated carbocycles. The molecule has 0 heterocycles. The van der Waals surface area contributed by atoms with Gasteiger partial charge in [0.25, 0.3) is 0 Å². The molecular weight excluding hydrogens is 202 g/mol. The standard InChI is InChI=1S/C2H9B3.CH2O2.Ru/c1-2-4-5-3;2-1-3;/h4-5H,2-3H2,1H3;1H,(H,2,3);/q;;+1/p-1. The second-order valence-electron chi connectivity index (χ2n) is 1.45. The molecule has 1 radical (unpaired) electrons. The van der Waals surface area contributed by atoms with Gasteiger partial charge in [0.05, 0.1) is 22.0 Å². The molecule has 0 aromatic carbocycles. The largest absolute Gasteiger partial charge is 1.00 e. The summed E-state index contributed by atoms with van der Waals surface area (Å²) in [6.45, 7) is 1.71. The smallest absolute Gasteiger partial charge is 0.554 e. The fraction of sp³-hybridized carbons (Fsp3) is 0.667. The first-order chi connectivity index (χ1) is 3.83. The summed E-state index contributed by atoms with van der Waals surface area (Å²) < 4.78 is 0. The Balaban J connectivity index is -0.0000000800. The number of carboxylic acid groups (broad SMARTS) is 1. The second-order valence-corrected chi connectivity index (χ2v) is 1.45. The molecule has 9 heavy (non-hydrogen) atoms. The normalized spacial score (nSPS) is 5.00. The van der Waals surface area contributed by atoms with Crippen molar-refractivity contribution in [3.63, 3.8) is 0 Å². The number of hydrogen-bond acceptors (Lipinski definition) is 2. The molecule has 0 aliphatic carbocycles. The van der Waals surface area contributed by atoms with Crippen molar-refractivity contribution in [3.8, 4) is 0 Å². The molecule has 0 aliphatic heterocycles. The summed E-state index contributed by atoms with van der Waals surface area (Å²) in [7, 11) is 4.94. The van der Waals surface area contributed by atoms with Crippen LogP contribution in [0.4, 0.5) is 0 Å². The van der Waals surface area contributed by atoms with E-state index in [4.69, 9.17) is 9.90 Å². The van der Waals surface area contributed by atoms with Gasteiger partial charge in [0.1, 0.15) is 0 Å². The molecule has 0 aromatic heterocycles. The van der Waals surface area contributed by atoms with Crippen LogP contribution in [0.5, 0.6) is 0 Å². The first-order valence-corrected chi connectivity index (χ1v) is 2.89. The Kier molecular flexibility index (Phi) is 42.9. The van der Waals surface area contributed by atoms with Gasteiger partial charge in [-0.15, -0.1) is 0 Å². The Morgan fingerprint density at radius 1 is 1.78 bits per heavy atom. The van der Waals surface area contributed by atoms with Crippen molar-refractivity contribution in [1.29, 1.82) is 0 Å². The molecule has 0 spiro atoms. The van der Waals surface area contributed by atoms with Crippen LogP contribution in [0.3, 0.4) is 0 Å². The predicted molar refractivity (Wildman–Crippen MR) is 39.4 cm³/mol. The molecule has 0 fully saturated rings. The van der Waals surface area contributed by atoms with E-state index in [1.807, 2.05) is 0 Å². The first-order valence-electron chi connectivity index (χ1n) is 2.89. The summed E-state index contributed by atoms with van der Waals surface area (Å²) >= 11 is 0. The van der Waals surface area contributed by atoms with Crippen LogP contribution in [0.25, 0.3) is 0 Å². The molecule has 51 valence electrons. The third kappa shape index (κ3) is 62.6. The number of carbonyl (C=O) groups excluding carboxylic acids is 1. The fourth-order valence-electron chi connectivity index (χ4n) is 0.354. The molecule has 0 aliphatic rings. The monoisotopic (exact) mass is 213 g/mol. The average Bonchev–Trinajstić information content (AvgIpc) is 1.71. The summed E-state index contributed by atoms with van der Waals surface area (Å²) in [5.74, 6) is 0. The minimum atomic E-state index is -0.500. The van der Waals surface area contributed by atoms with Crippen LogP contribution in [-0.4, -0.2) is 28.4 Å². The minimum absolute atomic E-state index is 0. The number of rotatable bonds is 2. The van der Waals surface area contributed by atoms with E-state index in [1.54, 1.807) is 0 Å². The van der Waals surface area contributed by atoms with Crippen molar-refractivity contribution in [1.82, 2.24) is 0 Å². The van der Waals surface area contributed by atoms with Crippen LogP contribution in [0.15, 0.2) is 0 Å². The summed E-state index contributed by atoms with van der Waals surface area (Å²) in [6.07, 6.45) is 1.34. The maximum atomic E-state index is 8.25. The average molecular weight is 212 g/mol. The maximum Gasteiger partial charge on any atom is 1.00 e. The van der Waals surface area contributed by atoms with Crippen molar-refractivity contribution in [2.24, 2.45) is 0 Å². The van der Waals surface area contributed by atoms with E-state index in [0.717, 1.165) is 0 Å². The van der Waals surface area contributed by atoms with Crippen LogP contribution >= 0.6 is 0 Å². The molecule has 6 heteroatoms. The maximum absolute atomic E-state index is 8.25. The Labute approximate surface area is 71.4 Å². The first kappa shape index (κ1) is 16.1. The summed E-state index contributed by atoms with van der Waals surface area (Å²) in [4.78, 5) is 8.25. The van der Waals surface area contributed by atoms with Gasteiger partial charge in [0.15, 0.2) is 0 Å². The predicted octanol–water partition coefficient (Wildman–Crippen LogP) is -2.88. The molecule has 2 nitrogen and oxygen atoms in total. The molecule has 0 unspecified atom stereocenters. The topological polar surface area (TPSA) is 40.1 Å². The van der Waals surface area contributed by atoms with Crippen LogP contribution in [0.1, 0.15) is 6.92 Å². The Bertz CT molecular complexity index is 44.0. The molecule has 0 saturated heterocycles. The molecule has 0 rings (SSSR count). The third-order valence-electron chi connectivity index (χ3n) is 0.707. The van der Waals surface area contributed by atoms with E-state index in [-0.39, 0.29) is 19.5 Å². The van der Waals surface area contributed by atoms with E-state index in [9.17, 15) is 0 Å². The van der Waals surface area contributed by atoms with Gasteiger partial charge >= 0.3 is 19.5 Å². The zero-order chi connectivity index (χ0) is 6.83. The Morgan fingerprint density at radius 3 is 2.11 bits per heavy atom. The van der Waals surface area contributed by atoms with Gasteiger partial charge in [0, 0.05) is 6.47 Å². The Morgan fingerprint density at radius 2 is 2.11 bits per heavy atom. The van der Waals surface area contributed by atoms with Gasteiger partial charge in [0.2, 0.25) is 0 Å². The zero-order valence-corrected chi connectivity index (χ0v) is 7.61.